The van der Waals surface area contributed by atoms with Crippen molar-refractivity contribution < 1.29 is 13.9 Å². The molecule has 11 heteroatoms. The lowest BCUT2D eigenvalue weighted by atomic mass is 9.91. The topological polar surface area (TPSA) is 120 Å². The summed E-state index contributed by atoms with van der Waals surface area (Å²) in [5, 5.41) is 0.908. The summed E-state index contributed by atoms with van der Waals surface area (Å²) in [6, 6.07) is 21.6. The number of carbonyl (C=O) groups is 1. The second-order valence-corrected chi connectivity index (χ2v) is 12.7. The molecule has 1 atom stereocenters. The molecule has 45 heavy (non-hydrogen) atoms. The van der Waals surface area contributed by atoms with E-state index in [9.17, 15) is 14.4 Å². The van der Waals surface area contributed by atoms with Crippen molar-refractivity contribution in [3.8, 4) is 0 Å². The van der Waals surface area contributed by atoms with Crippen LogP contribution in [0.1, 0.15) is 60.9 Å². The lowest BCUT2D eigenvalue weighted by molar-refractivity contribution is -0.138. The first-order chi connectivity index (χ1) is 21.7. The Labute approximate surface area is 266 Å². The molecule has 0 spiro atoms. The van der Waals surface area contributed by atoms with Gasteiger partial charge in [-0.3, -0.25) is 14.2 Å². The number of carbonyl (C=O) groups excluding carboxylic acids is 1. The Balaban J connectivity index is 1.50. The van der Waals surface area contributed by atoms with E-state index in [0.29, 0.717) is 48.2 Å². The third-order valence-electron chi connectivity index (χ3n) is 7.21. The number of aromatic amines is 1. The Kier molecular flexibility index (Phi) is 8.55. The molecule has 4 heterocycles. The molecule has 0 aliphatic carbocycles. The van der Waals surface area contributed by atoms with E-state index in [4.69, 9.17) is 14.1 Å². The second-order valence-electron chi connectivity index (χ2n) is 10.7. The van der Waals surface area contributed by atoms with Gasteiger partial charge in [-0.2, -0.15) is 0 Å². The van der Waals surface area contributed by atoms with E-state index >= 15 is 0 Å². The lowest BCUT2D eigenvalue weighted by Crippen LogP contribution is -2.40. The molecular formula is C34H30N4O5S2. The molecule has 0 fully saturated rings. The normalized spacial score (nSPS) is 14.9. The molecule has 0 saturated heterocycles. The van der Waals surface area contributed by atoms with Crippen LogP contribution in [-0.2, 0) is 9.53 Å². The molecule has 0 amide bonds. The first kappa shape index (κ1) is 30.3. The largest absolute Gasteiger partial charge is 0.463 e. The Morgan fingerprint density at radius 3 is 2.56 bits per heavy atom. The second kappa shape index (κ2) is 12.7. The van der Waals surface area contributed by atoms with Crippen molar-refractivity contribution in [3.63, 3.8) is 0 Å². The van der Waals surface area contributed by atoms with E-state index in [1.807, 2.05) is 54.6 Å². The highest BCUT2D eigenvalue weighted by Crippen LogP contribution is 2.35. The molecule has 0 bridgehead atoms. The molecule has 1 aliphatic rings. The van der Waals surface area contributed by atoms with Crippen molar-refractivity contribution in [2.24, 2.45) is 4.99 Å². The molecule has 0 unspecified atom stereocenters. The van der Waals surface area contributed by atoms with E-state index < -0.39 is 12.0 Å². The van der Waals surface area contributed by atoms with Crippen molar-refractivity contribution in [3.05, 3.63) is 137 Å². The average Bonchev–Trinajstić information content (AvgIpc) is 3.59. The summed E-state index contributed by atoms with van der Waals surface area (Å²) in [4.78, 5) is 52.0. The fourth-order valence-electron chi connectivity index (χ4n) is 5.11. The smallest absolute Gasteiger partial charge is 0.338 e. The number of thiazole rings is 1. The number of H-pyrrole nitrogens is 1. The monoisotopic (exact) mass is 638 g/mol. The minimum Gasteiger partial charge on any atom is -0.463 e. The van der Waals surface area contributed by atoms with Crippen LogP contribution in [0.25, 0.3) is 11.8 Å². The Bertz CT molecular complexity index is 2160. The molecule has 1 aliphatic heterocycles. The van der Waals surface area contributed by atoms with Crippen molar-refractivity contribution in [2.75, 3.05) is 6.61 Å². The maximum Gasteiger partial charge on any atom is 0.338 e. The summed E-state index contributed by atoms with van der Waals surface area (Å²) in [5.41, 5.74) is 3.48. The van der Waals surface area contributed by atoms with E-state index in [1.54, 1.807) is 36.6 Å². The molecule has 9 nitrogen and oxygen atoms in total. The number of ether oxygens (including phenoxy) is 1. The molecule has 228 valence electrons. The Morgan fingerprint density at radius 2 is 1.87 bits per heavy atom. The van der Waals surface area contributed by atoms with Gasteiger partial charge >= 0.3 is 5.97 Å². The zero-order chi connectivity index (χ0) is 31.7. The molecular weight excluding hydrogens is 609 g/mol. The van der Waals surface area contributed by atoms with Gasteiger partial charge in [0.25, 0.3) is 11.1 Å². The van der Waals surface area contributed by atoms with Gasteiger partial charge in [0.05, 0.1) is 28.5 Å². The van der Waals surface area contributed by atoms with E-state index in [0.717, 1.165) is 16.7 Å². The Morgan fingerprint density at radius 1 is 1.11 bits per heavy atom. The van der Waals surface area contributed by atoms with Gasteiger partial charge in [0.2, 0.25) is 0 Å². The number of rotatable bonds is 8. The van der Waals surface area contributed by atoms with E-state index in [2.05, 4.69) is 23.8 Å². The number of fused-ring (bicyclic) bond motifs is 1. The number of hydrogen-bond donors (Lipinski definition) is 1. The number of esters is 1. The van der Waals surface area contributed by atoms with E-state index in [1.165, 1.54) is 29.2 Å². The van der Waals surface area contributed by atoms with Crippen LogP contribution in [0.4, 0.5) is 0 Å². The van der Waals surface area contributed by atoms with Gasteiger partial charge in [-0.25, -0.2) is 14.8 Å². The number of nitrogens with one attached hydrogen (secondary N) is 1. The fraction of sp³-hybridized carbons (Fsp3) is 0.206. The third kappa shape index (κ3) is 6.27. The maximum absolute atomic E-state index is 14.1. The lowest BCUT2D eigenvalue weighted by Gasteiger charge is -2.26. The molecule has 1 N–H and O–H groups in total. The molecule has 0 saturated carbocycles. The van der Waals surface area contributed by atoms with Crippen molar-refractivity contribution in [2.45, 2.75) is 49.9 Å². The molecule has 6 rings (SSSR count). The summed E-state index contributed by atoms with van der Waals surface area (Å²) < 4.78 is 13.5. The highest BCUT2D eigenvalue weighted by molar-refractivity contribution is 7.99. The fourth-order valence-corrected chi connectivity index (χ4v) is 6.90. The average molecular weight is 639 g/mol. The molecule has 2 aromatic carbocycles. The maximum atomic E-state index is 14.1. The van der Waals surface area contributed by atoms with Crippen molar-refractivity contribution in [1.82, 2.24) is 14.5 Å². The highest BCUT2D eigenvalue weighted by atomic mass is 32.2. The molecule has 3 aromatic heterocycles. The minimum atomic E-state index is -0.759. The number of hydrogen-bond acceptors (Lipinski definition) is 9. The van der Waals surface area contributed by atoms with E-state index in [-0.39, 0.29) is 17.7 Å². The molecule has 0 radical (unpaired) electrons. The zero-order valence-electron chi connectivity index (χ0n) is 25.1. The number of aryl methyl sites for hydroxylation is 1. The highest BCUT2D eigenvalue weighted by Gasteiger charge is 2.35. The van der Waals surface area contributed by atoms with Crippen LogP contribution < -0.4 is 20.5 Å². The Hall–Kier alpha value is -4.74. The van der Waals surface area contributed by atoms with Gasteiger partial charge in [-0.1, -0.05) is 79.8 Å². The number of aromatic nitrogens is 3. The van der Waals surface area contributed by atoms with Crippen LogP contribution >= 0.6 is 23.1 Å². The van der Waals surface area contributed by atoms with Crippen molar-refractivity contribution >= 4 is 40.8 Å². The summed E-state index contributed by atoms with van der Waals surface area (Å²) in [5.74, 6) is 0.241. The van der Waals surface area contributed by atoms with Gasteiger partial charge in [0.1, 0.15) is 5.76 Å². The quantitative estimate of drug-likeness (QED) is 0.183. The molecule has 5 aromatic rings. The van der Waals surface area contributed by atoms with Crippen LogP contribution in [0.3, 0.4) is 0 Å². The van der Waals surface area contributed by atoms with Crippen LogP contribution in [0.5, 0.6) is 0 Å². The standard InChI is InChI=1S/C34H30N4O5S2/c1-5-42-32(41)28-29(22-9-7-6-8-10-22)37-34-38(30(28)23-13-11-21(12-14-23)19(2)3)31(40)25(44-34)18-24-15-16-27(43-24)45-33-35-20(4)17-26(39)36-33/h6-19,30H,5H2,1-4H3,(H,35,36,39)/b25-18+/t30-/m1/s1. The summed E-state index contributed by atoms with van der Waals surface area (Å²) in [6.07, 6.45) is 1.66. The zero-order valence-corrected chi connectivity index (χ0v) is 26.7. The van der Waals surface area contributed by atoms with Crippen LogP contribution in [0, 0.1) is 6.92 Å². The number of benzene rings is 2. The SMILES string of the molecule is CCOC(=O)C1=C(c2ccccc2)N=c2s/c(=C/c3ccc(Sc4nc(C)cc(=O)[nH]4)o3)c(=O)n2[C@@H]1c1ccc(C(C)C)cc1. The van der Waals surface area contributed by atoms with Crippen molar-refractivity contribution in [1.29, 1.82) is 0 Å². The van der Waals surface area contributed by atoms with Gasteiger partial charge < -0.3 is 14.1 Å². The first-order valence-electron chi connectivity index (χ1n) is 14.5. The minimum absolute atomic E-state index is 0.179. The predicted molar refractivity (Wildman–Crippen MR) is 174 cm³/mol. The first-order valence-corrected chi connectivity index (χ1v) is 16.1. The predicted octanol–water partition coefficient (Wildman–Crippen LogP) is 5.19. The summed E-state index contributed by atoms with van der Waals surface area (Å²) in [6.45, 7) is 7.91. The summed E-state index contributed by atoms with van der Waals surface area (Å²) >= 11 is 2.40. The van der Waals surface area contributed by atoms with Gasteiger partial charge in [0.15, 0.2) is 15.1 Å². The van der Waals surface area contributed by atoms with Gasteiger partial charge in [0, 0.05) is 23.4 Å². The number of nitrogens with zero attached hydrogens (tertiary/aromatic N) is 3. The van der Waals surface area contributed by atoms with Gasteiger partial charge in [-0.05, 0) is 54.8 Å². The summed E-state index contributed by atoms with van der Waals surface area (Å²) in [7, 11) is 0. The van der Waals surface area contributed by atoms with Crippen LogP contribution in [0.2, 0.25) is 0 Å². The third-order valence-corrected chi connectivity index (χ3v) is 9.00. The van der Waals surface area contributed by atoms with Crippen LogP contribution in [0.15, 0.2) is 108 Å². The van der Waals surface area contributed by atoms with Gasteiger partial charge in [-0.15, -0.1) is 0 Å². The number of furan rings is 1. The van der Waals surface area contributed by atoms with Crippen LogP contribution in [-0.4, -0.2) is 27.1 Å².